The molecule has 160 valence electrons. The number of rotatable bonds is 7. The molecule has 2 amide bonds. The SMILES string of the molecule is O=C(Nc1ccc(C(=O)O)cc1)/C(=C/C=C\c1ccccc1)NC(=O)c1cccc(Br)c1. The standard InChI is InChI=1S/C25H19BrN2O4/c26-20-10-5-9-19(16-20)23(29)28-22(11-4-8-17-6-2-1-3-7-17)24(30)27-21-14-12-18(13-15-21)25(31)32/h1-16H,(H,27,30)(H,28,29)(H,31,32)/b8-4-,22-11-. The van der Waals surface area contributed by atoms with E-state index in [0.29, 0.717) is 11.3 Å². The van der Waals surface area contributed by atoms with Crippen LogP contribution in [-0.4, -0.2) is 22.9 Å². The van der Waals surface area contributed by atoms with Crippen LogP contribution in [0, 0.1) is 0 Å². The summed E-state index contributed by atoms with van der Waals surface area (Å²) < 4.78 is 0.739. The number of allylic oxidation sites excluding steroid dienone is 2. The normalized spacial score (nSPS) is 11.2. The Bertz CT molecular complexity index is 1190. The largest absolute Gasteiger partial charge is 0.478 e. The molecule has 6 nitrogen and oxygen atoms in total. The number of carbonyl (C=O) groups is 3. The zero-order valence-corrected chi connectivity index (χ0v) is 18.4. The monoisotopic (exact) mass is 490 g/mol. The molecular formula is C25H19BrN2O4. The third-order valence-electron chi connectivity index (χ3n) is 4.32. The summed E-state index contributed by atoms with van der Waals surface area (Å²) >= 11 is 3.33. The Morgan fingerprint density at radius 3 is 2.22 bits per heavy atom. The van der Waals surface area contributed by atoms with E-state index in [2.05, 4.69) is 26.6 Å². The molecule has 32 heavy (non-hydrogen) atoms. The highest BCUT2D eigenvalue weighted by atomic mass is 79.9. The van der Waals surface area contributed by atoms with Gasteiger partial charge in [0.2, 0.25) is 0 Å². The van der Waals surface area contributed by atoms with E-state index in [1.165, 1.54) is 30.3 Å². The van der Waals surface area contributed by atoms with Gasteiger partial charge in [-0.25, -0.2) is 4.79 Å². The Labute approximate surface area is 193 Å². The molecule has 0 saturated heterocycles. The van der Waals surface area contributed by atoms with Crippen LogP contribution in [0.1, 0.15) is 26.3 Å². The van der Waals surface area contributed by atoms with Crippen molar-refractivity contribution in [2.75, 3.05) is 5.32 Å². The lowest BCUT2D eigenvalue weighted by atomic mass is 10.2. The van der Waals surface area contributed by atoms with Crippen LogP contribution in [0.15, 0.2) is 101 Å². The molecule has 0 aromatic heterocycles. The van der Waals surface area contributed by atoms with Gasteiger partial charge in [-0.2, -0.15) is 0 Å². The molecular weight excluding hydrogens is 472 g/mol. The first kappa shape index (κ1) is 22.7. The van der Waals surface area contributed by atoms with E-state index in [1.807, 2.05) is 30.3 Å². The van der Waals surface area contributed by atoms with Gasteiger partial charge in [0.05, 0.1) is 5.56 Å². The van der Waals surface area contributed by atoms with Gasteiger partial charge in [0.1, 0.15) is 5.70 Å². The average Bonchev–Trinajstić information content (AvgIpc) is 2.79. The highest BCUT2D eigenvalue weighted by Gasteiger charge is 2.15. The molecule has 3 aromatic carbocycles. The predicted octanol–water partition coefficient (Wildman–Crippen LogP) is 5.11. The second kappa shape index (κ2) is 10.9. The first-order chi connectivity index (χ1) is 15.4. The van der Waals surface area contributed by atoms with Crippen LogP contribution in [-0.2, 0) is 4.79 Å². The Morgan fingerprint density at radius 1 is 0.844 bits per heavy atom. The first-order valence-electron chi connectivity index (χ1n) is 9.57. The zero-order valence-electron chi connectivity index (χ0n) is 16.8. The van der Waals surface area contributed by atoms with Crippen LogP contribution in [0.25, 0.3) is 6.08 Å². The minimum atomic E-state index is -1.06. The number of carbonyl (C=O) groups excluding carboxylic acids is 2. The molecule has 0 aliphatic rings. The summed E-state index contributed by atoms with van der Waals surface area (Å²) in [5.41, 5.74) is 1.86. The van der Waals surface area contributed by atoms with E-state index >= 15 is 0 Å². The second-order valence-electron chi connectivity index (χ2n) is 6.65. The van der Waals surface area contributed by atoms with Gasteiger partial charge in [-0.15, -0.1) is 0 Å². The molecule has 3 aromatic rings. The van der Waals surface area contributed by atoms with Crippen LogP contribution in [0.5, 0.6) is 0 Å². The third-order valence-corrected chi connectivity index (χ3v) is 4.81. The summed E-state index contributed by atoms with van der Waals surface area (Å²) in [7, 11) is 0. The van der Waals surface area contributed by atoms with Gasteiger partial charge in [-0.3, -0.25) is 9.59 Å². The number of anilines is 1. The summed E-state index contributed by atoms with van der Waals surface area (Å²) in [6.07, 6.45) is 4.98. The van der Waals surface area contributed by atoms with Crippen molar-refractivity contribution in [1.82, 2.24) is 5.32 Å². The van der Waals surface area contributed by atoms with Gasteiger partial charge in [-0.05, 0) is 54.1 Å². The molecule has 0 saturated carbocycles. The van der Waals surface area contributed by atoms with Crippen molar-refractivity contribution in [3.63, 3.8) is 0 Å². The fourth-order valence-corrected chi connectivity index (χ4v) is 3.11. The van der Waals surface area contributed by atoms with Crippen molar-refractivity contribution in [3.05, 3.63) is 118 Å². The topological polar surface area (TPSA) is 95.5 Å². The third kappa shape index (κ3) is 6.52. The van der Waals surface area contributed by atoms with Crippen LogP contribution in [0.4, 0.5) is 5.69 Å². The molecule has 0 spiro atoms. The molecule has 0 radical (unpaired) electrons. The Kier molecular flexibility index (Phi) is 7.72. The van der Waals surface area contributed by atoms with Crippen LogP contribution in [0.2, 0.25) is 0 Å². The molecule has 3 rings (SSSR count). The summed E-state index contributed by atoms with van der Waals surface area (Å²) in [6, 6.07) is 22.1. The quantitative estimate of drug-likeness (QED) is 0.316. The minimum Gasteiger partial charge on any atom is -0.478 e. The number of nitrogens with one attached hydrogen (secondary N) is 2. The first-order valence-corrected chi connectivity index (χ1v) is 10.4. The Balaban J connectivity index is 1.82. The zero-order chi connectivity index (χ0) is 22.9. The van der Waals surface area contributed by atoms with Crippen molar-refractivity contribution in [3.8, 4) is 0 Å². The van der Waals surface area contributed by atoms with Crippen LogP contribution < -0.4 is 10.6 Å². The number of aromatic carboxylic acids is 1. The van der Waals surface area contributed by atoms with Gasteiger partial charge in [0.15, 0.2) is 0 Å². The Hall–Kier alpha value is -3.97. The lowest BCUT2D eigenvalue weighted by Gasteiger charge is -2.11. The average molecular weight is 491 g/mol. The lowest BCUT2D eigenvalue weighted by Crippen LogP contribution is -2.30. The van der Waals surface area contributed by atoms with Gasteiger partial charge < -0.3 is 15.7 Å². The number of hydrogen-bond acceptors (Lipinski definition) is 3. The maximum absolute atomic E-state index is 12.9. The molecule has 0 unspecified atom stereocenters. The van der Waals surface area contributed by atoms with E-state index in [4.69, 9.17) is 5.11 Å². The number of benzene rings is 3. The van der Waals surface area contributed by atoms with Gasteiger partial charge in [-0.1, -0.05) is 64.5 Å². The smallest absolute Gasteiger partial charge is 0.335 e. The maximum atomic E-state index is 12.9. The van der Waals surface area contributed by atoms with Gasteiger partial charge >= 0.3 is 5.97 Å². The molecule has 0 heterocycles. The highest BCUT2D eigenvalue weighted by Crippen LogP contribution is 2.14. The summed E-state index contributed by atoms with van der Waals surface area (Å²) in [5.74, 6) is -2.05. The number of amides is 2. The Morgan fingerprint density at radius 2 is 1.56 bits per heavy atom. The molecule has 0 atom stereocenters. The molecule has 0 aliphatic heterocycles. The summed E-state index contributed by atoms with van der Waals surface area (Å²) in [4.78, 5) is 36.5. The van der Waals surface area contributed by atoms with Crippen LogP contribution in [0.3, 0.4) is 0 Å². The van der Waals surface area contributed by atoms with E-state index in [-0.39, 0.29) is 11.3 Å². The number of hydrogen-bond donors (Lipinski definition) is 3. The van der Waals surface area contributed by atoms with Gasteiger partial charge in [0, 0.05) is 15.7 Å². The van der Waals surface area contributed by atoms with Gasteiger partial charge in [0.25, 0.3) is 11.8 Å². The van der Waals surface area contributed by atoms with Crippen molar-refractivity contribution in [1.29, 1.82) is 0 Å². The highest BCUT2D eigenvalue weighted by molar-refractivity contribution is 9.10. The van der Waals surface area contributed by atoms with E-state index < -0.39 is 17.8 Å². The van der Waals surface area contributed by atoms with E-state index in [9.17, 15) is 14.4 Å². The molecule has 0 bridgehead atoms. The fourth-order valence-electron chi connectivity index (χ4n) is 2.71. The molecule has 0 aliphatic carbocycles. The lowest BCUT2D eigenvalue weighted by molar-refractivity contribution is -0.113. The summed E-state index contributed by atoms with van der Waals surface area (Å²) in [5, 5.41) is 14.3. The number of carboxylic acids is 1. The predicted molar refractivity (Wildman–Crippen MR) is 127 cm³/mol. The van der Waals surface area contributed by atoms with Crippen molar-refractivity contribution >= 4 is 45.5 Å². The maximum Gasteiger partial charge on any atom is 0.335 e. The minimum absolute atomic E-state index is 0.0319. The second-order valence-corrected chi connectivity index (χ2v) is 7.57. The van der Waals surface area contributed by atoms with Crippen molar-refractivity contribution in [2.45, 2.75) is 0 Å². The van der Waals surface area contributed by atoms with E-state index in [1.54, 1.807) is 36.4 Å². The number of halogens is 1. The van der Waals surface area contributed by atoms with Crippen molar-refractivity contribution in [2.24, 2.45) is 0 Å². The fraction of sp³-hybridized carbons (Fsp3) is 0. The van der Waals surface area contributed by atoms with Crippen LogP contribution >= 0.6 is 15.9 Å². The van der Waals surface area contributed by atoms with Crippen molar-refractivity contribution < 1.29 is 19.5 Å². The summed E-state index contributed by atoms with van der Waals surface area (Å²) in [6.45, 7) is 0. The molecule has 3 N–H and O–H groups in total. The molecule has 7 heteroatoms. The molecule has 0 fully saturated rings. The van der Waals surface area contributed by atoms with E-state index in [0.717, 1.165) is 10.0 Å². The number of carboxylic acid groups (broad SMARTS) is 1.